The molecule has 3 aromatic carbocycles. The van der Waals surface area contributed by atoms with Crippen LogP contribution in [0, 0.1) is 0 Å². The van der Waals surface area contributed by atoms with E-state index in [0.717, 1.165) is 63.2 Å². The van der Waals surface area contributed by atoms with E-state index in [2.05, 4.69) is 34.1 Å². The van der Waals surface area contributed by atoms with Gasteiger partial charge in [-0.2, -0.15) is 0 Å². The molecule has 0 saturated carbocycles. The average Bonchev–Trinajstić information content (AvgIpc) is 2.69. The number of benzene rings is 3. The molecule has 0 bridgehead atoms. The molecule has 0 aromatic heterocycles. The molecule has 144 valence electrons. The highest BCUT2D eigenvalue weighted by atomic mass is 79.9. The molecule has 0 aliphatic rings. The summed E-state index contributed by atoms with van der Waals surface area (Å²) in [6, 6.07) is 14.2. The van der Waals surface area contributed by atoms with Crippen molar-refractivity contribution in [2.45, 2.75) is 25.7 Å². The quantitative estimate of drug-likeness (QED) is 0.347. The van der Waals surface area contributed by atoms with E-state index in [9.17, 15) is 0 Å². The number of fused-ring (bicyclic) bond motifs is 2. The smallest absolute Gasteiger partial charge is 0.135 e. The molecule has 2 N–H and O–H groups in total. The van der Waals surface area contributed by atoms with E-state index in [1.54, 1.807) is 0 Å². The number of hydrogen-bond acceptors (Lipinski definition) is 4. The zero-order valence-corrected chi connectivity index (χ0v) is 16.9. The highest BCUT2D eigenvalue weighted by Gasteiger charge is 2.16. The first-order valence-electron chi connectivity index (χ1n) is 9.37. The number of aliphatic hydroxyl groups is 2. The van der Waals surface area contributed by atoms with Gasteiger partial charge in [-0.15, -0.1) is 0 Å². The van der Waals surface area contributed by atoms with Gasteiger partial charge >= 0.3 is 0 Å². The maximum absolute atomic E-state index is 9.01. The first kappa shape index (κ1) is 19.9. The lowest BCUT2D eigenvalue weighted by molar-refractivity contribution is 0.254. The predicted molar refractivity (Wildman–Crippen MR) is 113 cm³/mol. The zero-order chi connectivity index (χ0) is 19.1. The minimum absolute atomic E-state index is 0.178. The number of rotatable bonds is 10. The molecule has 0 unspecified atom stereocenters. The fourth-order valence-corrected chi connectivity index (χ4v) is 3.52. The Labute approximate surface area is 167 Å². The molecule has 4 nitrogen and oxygen atoms in total. The Kier molecular flexibility index (Phi) is 7.33. The third-order valence-corrected chi connectivity index (χ3v) is 4.98. The van der Waals surface area contributed by atoms with Gasteiger partial charge in [0.1, 0.15) is 11.5 Å². The van der Waals surface area contributed by atoms with E-state index in [1.165, 1.54) is 0 Å². The molecule has 0 aliphatic carbocycles. The molecule has 3 rings (SSSR count). The van der Waals surface area contributed by atoms with Crippen LogP contribution in [-0.4, -0.2) is 36.6 Å². The number of aliphatic hydroxyl groups excluding tert-OH is 2. The summed E-state index contributed by atoms with van der Waals surface area (Å²) in [4.78, 5) is 0. The number of hydrogen-bond donors (Lipinski definition) is 2. The van der Waals surface area contributed by atoms with Crippen LogP contribution in [0.5, 0.6) is 11.5 Å². The van der Waals surface area contributed by atoms with Gasteiger partial charge in [-0.1, -0.05) is 40.2 Å². The van der Waals surface area contributed by atoms with E-state index in [0.29, 0.717) is 13.2 Å². The van der Waals surface area contributed by atoms with E-state index >= 15 is 0 Å². The van der Waals surface area contributed by atoms with Crippen LogP contribution >= 0.6 is 15.9 Å². The van der Waals surface area contributed by atoms with Gasteiger partial charge in [0.25, 0.3) is 0 Å². The maximum Gasteiger partial charge on any atom is 0.135 e. The van der Waals surface area contributed by atoms with E-state index < -0.39 is 0 Å². The number of halogens is 1. The number of unbranched alkanes of at least 4 members (excludes halogenated alkanes) is 2. The lowest BCUT2D eigenvalue weighted by Crippen LogP contribution is -2.03. The van der Waals surface area contributed by atoms with Gasteiger partial charge in [0.2, 0.25) is 0 Å². The van der Waals surface area contributed by atoms with Crippen molar-refractivity contribution >= 4 is 37.5 Å². The molecule has 3 aromatic rings. The Morgan fingerprint density at radius 3 is 1.74 bits per heavy atom. The molecule has 0 heterocycles. The Hall–Kier alpha value is -1.82. The van der Waals surface area contributed by atoms with Crippen molar-refractivity contribution in [3.8, 4) is 11.5 Å². The third kappa shape index (κ3) is 4.72. The second-order valence-electron chi connectivity index (χ2n) is 6.45. The molecule has 0 saturated heterocycles. The van der Waals surface area contributed by atoms with Crippen LogP contribution in [0.15, 0.2) is 46.9 Å². The summed E-state index contributed by atoms with van der Waals surface area (Å²) < 4.78 is 13.3. The molecule has 0 spiro atoms. The highest BCUT2D eigenvalue weighted by Crippen LogP contribution is 2.43. The summed E-state index contributed by atoms with van der Waals surface area (Å²) >= 11 is 3.56. The van der Waals surface area contributed by atoms with E-state index in [-0.39, 0.29) is 13.2 Å². The van der Waals surface area contributed by atoms with Gasteiger partial charge in [-0.25, -0.2) is 0 Å². The molecular formula is C22H25BrO4. The third-order valence-electron chi connectivity index (χ3n) is 4.48. The van der Waals surface area contributed by atoms with E-state index in [4.69, 9.17) is 19.7 Å². The van der Waals surface area contributed by atoms with Gasteiger partial charge < -0.3 is 19.7 Å². The minimum atomic E-state index is 0.178. The summed E-state index contributed by atoms with van der Waals surface area (Å²) in [5.74, 6) is 1.70. The Bertz CT molecular complexity index is 894. The van der Waals surface area contributed by atoms with Crippen LogP contribution in [0.1, 0.15) is 25.7 Å². The Balaban J connectivity index is 2.08. The molecule has 0 atom stereocenters. The first-order valence-corrected chi connectivity index (χ1v) is 10.2. The van der Waals surface area contributed by atoms with Gasteiger partial charge in [-0.05, 0) is 43.9 Å². The highest BCUT2D eigenvalue weighted by molar-refractivity contribution is 9.10. The lowest BCUT2D eigenvalue weighted by atomic mass is 10.0. The predicted octanol–water partition coefficient (Wildman–Crippen LogP) is 5.06. The molecule has 5 heteroatoms. The summed E-state index contributed by atoms with van der Waals surface area (Å²) in [7, 11) is 0. The monoisotopic (exact) mass is 432 g/mol. The van der Waals surface area contributed by atoms with Crippen molar-refractivity contribution in [1.82, 2.24) is 0 Å². The van der Waals surface area contributed by atoms with Crippen molar-refractivity contribution in [2.75, 3.05) is 26.4 Å². The minimum Gasteiger partial charge on any atom is -0.492 e. The van der Waals surface area contributed by atoms with Crippen LogP contribution in [0.3, 0.4) is 0 Å². The van der Waals surface area contributed by atoms with Gasteiger partial charge in [0.15, 0.2) is 0 Å². The standard InChI is InChI=1S/C22H25BrO4/c23-16-9-10-19-20(15-16)22(27-14-6-4-12-25)18-8-2-1-7-17(18)21(19)26-13-5-3-11-24/h1-2,7-10,15,24-25H,3-6,11-14H2. The van der Waals surface area contributed by atoms with Crippen LogP contribution < -0.4 is 9.47 Å². The summed E-state index contributed by atoms with van der Waals surface area (Å²) in [6.07, 6.45) is 3.07. The fraction of sp³-hybridized carbons (Fsp3) is 0.364. The van der Waals surface area contributed by atoms with Crippen molar-refractivity contribution in [3.05, 3.63) is 46.9 Å². The molecular weight excluding hydrogens is 408 g/mol. The van der Waals surface area contributed by atoms with Crippen molar-refractivity contribution < 1.29 is 19.7 Å². The van der Waals surface area contributed by atoms with Crippen LogP contribution in [0.4, 0.5) is 0 Å². The Morgan fingerprint density at radius 1 is 0.667 bits per heavy atom. The van der Waals surface area contributed by atoms with Crippen molar-refractivity contribution in [1.29, 1.82) is 0 Å². The van der Waals surface area contributed by atoms with Crippen LogP contribution in [0.2, 0.25) is 0 Å². The molecule has 0 aliphatic heterocycles. The molecule has 27 heavy (non-hydrogen) atoms. The largest absolute Gasteiger partial charge is 0.492 e. The second kappa shape index (κ2) is 9.93. The summed E-state index contributed by atoms with van der Waals surface area (Å²) in [5.41, 5.74) is 0. The van der Waals surface area contributed by atoms with Crippen molar-refractivity contribution in [2.24, 2.45) is 0 Å². The first-order chi connectivity index (χ1) is 13.3. The van der Waals surface area contributed by atoms with Gasteiger partial charge in [0.05, 0.1) is 13.2 Å². The zero-order valence-electron chi connectivity index (χ0n) is 15.3. The second-order valence-corrected chi connectivity index (χ2v) is 7.37. The summed E-state index contributed by atoms with van der Waals surface area (Å²) in [5, 5.41) is 22.1. The molecule has 0 amide bonds. The number of ether oxygens (including phenoxy) is 2. The SMILES string of the molecule is OCCCCOc1c2ccccc2c(OCCCCO)c2cc(Br)ccc12. The average molecular weight is 433 g/mol. The molecule has 0 fully saturated rings. The summed E-state index contributed by atoms with van der Waals surface area (Å²) in [6.45, 7) is 1.48. The van der Waals surface area contributed by atoms with E-state index in [1.807, 2.05) is 24.3 Å². The van der Waals surface area contributed by atoms with Crippen LogP contribution in [0.25, 0.3) is 21.5 Å². The van der Waals surface area contributed by atoms with Gasteiger partial charge in [0, 0.05) is 39.2 Å². The lowest BCUT2D eigenvalue weighted by Gasteiger charge is -2.18. The Morgan fingerprint density at radius 2 is 1.19 bits per heavy atom. The topological polar surface area (TPSA) is 58.9 Å². The molecule has 0 radical (unpaired) electrons. The maximum atomic E-state index is 9.01. The fourth-order valence-electron chi connectivity index (χ4n) is 3.16. The van der Waals surface area contributed by atoms with Gasteiger partial charge in [-0.3, -0.25) is 0 Å². The van der Waals surface area contributed by atoms with Crippen LogP contribution in [-0.2, 0) is 0 Å². The van der Waals surface area contributed by atoms with Crippen molar-refractivity contribution in [3.63, 3.8) is 0 Å². The normalized spacial score (nSPS) is 11.2.